The van der Waals surface area contributed by atoms with Crippen molar-refractivity contribution in [3.8, 4) is 11.5 Å². The summed E-state index contributed by atoms with van der Waals surface area (Å²) in [5.41, 5.74) is 0.534. The van der Waals surface area contributed by atoms with E-state index in [1.807, 2.05) is 0 Å². The number of rotatable bonds is 7. The average Bonchev–Trinajstić information content (AvgIpc) is 3.52. The molecule has 4 nitrogen and oxygen atoms in total. The SMILES string of the molecule is COc1ccc(CC(=O)N(C2CC2)C(C)c2cccc(C(F)(F)F)c2)cc1OC. The lowest BCUT2D eigenvalue weighted by molar-refractivity contribution is -0.137. The minimum Gasteiger partial charge on any atom is -0.493 e. The molecule has 2 aromatic rings. The molecule has 0 spiro atoms. The number of carbonyl (C=O) groups is 1. The summed E-state index contributed by atoms with van der Waals surface area (Å²) in [6.07, 6.45) is -2.55. The highest BCUT2D eigenvalue weighted by Crippen LogP contribution is 2.37. The molecule has 7 heteroatoms. The highest BCUT2D eigenvalue weighted by Gasteiger charge is 2.37. The first-order chi connectivity index (χ1) is 13.7. The van der Waals surface area contributed by atoms with Crippen molar-refractivity contribution in [1.82, 2.24) is 4.90 Å². The van der Waals surface area contributed by atoms with Crippen LogP contribution in [0.2, 0.25) is 0 Å². The van der Waals surface area contributed by atoms with E-state index in [1.165, 1.54) is 20.3 Å². The first-order valence-electron chi connectivity index (χ1n) is 9.43. The molecule has 1 fully saturated rings. The summed E-state index contributed by atoms with van der Waals surface area (Å²) in [5.74, 6) is 0.978. The third kappa shape index (κ3) is 4.83. The fourth-order valence-corrected chi connectivity index (χ4v) is 3.48. The Balaban J connectivity index is 1.82. The largest absolute Gasteiger partial charge is 0.493 e. The lowest BCUT2D eigenvalue weighted by Gasteiger charge is -2.30. The number of benzene rings is 2. The van der Waals surface area contributed by atoms with Crippen LogP contribution in [0.1, 0.15) is 42.5 Å². The molecule has 2 aromatic carbocycles. The molecule has 0 saturated heterocycles. The van der Waals surface area contributed by atoms with Crippen molar-refractivity contribution in [2.75, 3.05) is 14.2 Å². The molecular weight excluding hydrogens is 383 g/mol. The summed E-state index contributed by atoms with van der Waals surface area (Å²) < 4.78 is 49.7. The number of ether oxygens (including phenoxy) is 2. The van der Waals surface area contributed by atoms with Gasteiger partial charge in [0.05, 0.1) is 32.2 Å². The van der Waals surface area contributed by atoms with Gasteiger partial charge in [0.2, 0.25) is 5.91 Å². The highest BCUT2D eigenvalue weighted by molar-refractivity contribution is 5.80. The molecule has 0 heterocycles. The number of hydrogen-bond donors (Lipinski definition) is 0. The zero-order valence-corrected chi connectivity index (χ0v) is 16.6. The minimum atomic E-state index is -4.41. The number of carbonyl (C=O) groups excluding carboxylic acids is 1. The Bertz CT molecular complexity index is 878. The van der Waals surface area contributed by atoms with Crippen molar-refractivity contribution in [3.63, 3.8) is 0 Å². The predicted octanol–water partition coefficient (Wildman–Crippen LogP) is 5.02. The quantitative estimate of drug-likeness (QED) is 0.647. The van der Waals surface area contributed by atoms with Crippen LogP contribution in [0.4, 0.5) is 13.2 Å². The number of alkyl halides is 3. The van der Waals surface area contributed by atoms with Gasteiger partial charge in [-0.1, -0.05) is 18.2 Å². The van der Waals surface area contributed by atoms with Crippen LogP contribution in [-0.2, 0) is 17.4 Å². The van der Waals surface area contributed by atoms with Gasteiger partial charge in [0.1, 0.15) is 0 Å². The summed E-state index contributed by atoms with van der Waals surface area (Å²) in [4.78, 5) is 14.8. The lowest BCUT2D eigenvalue weighted by atomic mass is 10.0. The molecule has 1 unspecified atom stereocenters. The van der Waals surface area contributed by atoms with Crippen LogP contribution in [0.5, 0.6) is 11.5 Å². The Hall–Kier alpha value is -2.70. The summed E-state index contributed by atoms with van der Waals surface area (Å²) in [5, 5.41) is 0. The van der Waals surface area contributed by atoms with E-state index >= 15 is 0 Å². The van der Waals surface area contributed by atoms with E-state index in [0.717, 1.165) is 30.5 Å². The van der Waals surface area contributed by atoms with Crippen molar-refractivity contribution in [3.05, 3.63) is 59.2 Å². The number of nitrogens with zero attached hydrogens (tertiary/aromatic N) is 1. The molecule has 0 N–H and O–H groups in total. The Morgan fingerprint density at radius 3 is 2.38 bits per heavy atom. The van der Waals surface area contributed by atoms with Crippen molar-refractivity contribution in [2.45, 2.75) is 44.4 Å². The van der Waals surface area contributed by atoms with Gasteiger partial charge in [0.25, 0.3) is 0 Å². The molecule has 0 aliphatic heterocycles. The Morgan fingerprint density at radius 1 is 1.10 bits per heavy atom. The van der Waals surface area contributed by atoms with Gasteiger partial charge in [-0.15, -0.1) is 0 Å². The van der Waals surface area contributed by atoms with Gasteiger partial charge in [0.15, 0.2) is 11.5 Å². The van der Waals surface area contributed by atoms with E-state index in [9.17, 15) is 18.0 Å². The van der Waals surface area contributed by atoms with Gasteiger partial charge >= 0.3 is 6.18 Å². The van der Waals surface area contributed by atoms with Crippen molar-refractivity contribution >= 4 is 5.91 Å². The molecule has 1 saturated carbocycles. The molecule has 1 aliphatic rings. The molecule has 3 rings (SSSR count). The van der Waals surface area contributed by atoms with E-state index in [-0.39, 0.29) is 18.4 Å². The van der Waals surface area contributed by atoms with Crippen LogP contribution in [0.3, 0.4) is 0 Å². The maximum atomic E-state index is 13.1. The highest BCUT2D eigenvalue weighted by atomic mass is 19.4. The first kappa shape index (κ1) is 21.0. The summed E-state index contributed by atoms with van der Waals surface area (Å²) in [7, 11) is 3.06. The number of methoxy groups -OCH3 is 2. The lowest BCUT2D eigenvalue weighted by Crippen LogP contribution is -2.36. The summed E-state index contributed by atoms with van der Waals surface area (Å²) in [6.45, 7) is 1.78. The van der Waals surface area contributed by atoms with Crippen LogP contribution >= 0.6 is 0 Å². The Labute approximate surface area is 168 Å². The Kier molecular flexibility index (Phi) is 6.05. The average molecular weight is 407 g/mol. The molecule has 0 radical (unpaired) electrons. The number of halogens is 3. The number of hydrogen-bond acceptors (Lipinski definition) is 3. The minimum absolute atomic E-state index is 0.0622. The number of amides is 1. The van der Waals surface area contributed by atoms with Gasteiger partial charge in [-0.25, -0.2) is 0 Å². The van der Waals surface area contributed by atoms with Gasteiger partial charge in [0, 0.05) is 6.04 Å². The first-order valence-corrected chi connectivity index (χ1v) is 9.43. The van der Waals surface area contributed by atoms with Crippen molar-refractivity contribution < 1.29 is 27.4 Å². The van der Waals surface area contributed by atoms with E-state index in [0.29, 0.717) is 17.1 Å². The standard InChI is InChI=1S/C22H24F3NO3/c1-14(16-5-4-6-17(13-16)22(23,24)25)26(18-8-9-18)21(27)12-15-7-10-19(28-2)20(11-15)29-3/h4-7,10-11,13-14,18H,8-9,12H2,1-3H3. The van der Waals surface area contributed by atoms with Gasteiger partial charge in [-0.2, -0.15) is 13.2 Å². The second-order valence-electron chi connectivity index (χ2n) is 7.20. The molecule has 1 amide bonds. The zero-order valence-electron chi connectivity index (χ0n) is 16.6. The second-order valence-corrected chi connectivity index (χ2v) is 7.20. The normalized spacial score (nSPS) is 15.0. The third-order valence-electron chi connectivity index (χ3n) is 5.15. The van der Waals surface area contributed by atoms with Crippen LogP contribution in [0.25, 0.3) is 0 Å². The molecular formula is C22H24F3NO3. The molecule has 0 bridgehead atoms. The summed E-state index contributed by atoms with van der Waals surface area (Å²) >= 11 is 0. The monoisotopic (exact) mass is 407 g/mol. The Morgan fingerprint density at radius 2 is 1.79 bits per heavy atom. The predicted molar refractivity (Wildman–Crippen MR) is 103 cm³/mol. The molecule has 0 aromatic heterocycles. The maximum absolute atomic E-state index is 13.1. The topological polar surface area (TPSA) is 38.8 Å². The van der Waals surface area contributed by atoms with Gasteiger partial charge in [-0.3, -0.25) is 4.79 Å². The van der Waals surface area contributed by atoms with E-state index < -0.39 is 17.8 Å². The molecule has 1 atom stereocenters. The van der Waals surface area contributed by atoms with Crippen LogP contribution < -0.4 is 9.47 Å². The van der Waals surface area contributed by atoms with E-state index in [1.54, 1.807) is 36.1 Å². The van der Waals surface area contributed by atoms with E-state index in [2.05, 4.69) is 0 Å². The van der Waals surface area contributed by atoms with Gasteiger partial charge < -0.3 is 14.4 Å². The van der Waals surface area contributed by atoms with Crippen LogP contribution in [0.15, 0.2) is 42.5 Å². The van der Waals surface area contributed by atoms with Crippen molar-refractivity contribution in [1.29, 1.82) is 0 Å². The fraction of sp³-hybridized carbons (Fsp3) is 0.409. The zero-order chi connectivity index (χ0) is 21.2. The molecule has 156 valence electrons. The maximum Gasteiger partial charge on any atom is 0.416 e. The van der Waals surface area contributed by atoms with Crippen LogP contribution in [-0.4, -0.2) is 31.1 Å². The van der Waals surface area contributed by atoms with Crippen LogP contribution in [0, 0.1) is 0 Å². The van der Waals surface area contributed by atoms with Crippen molar-refractivity contribution in [2.24, 2.45) is 0 Å². The second kappa shape index (κ2) is 8.35. The van der Waals surface area contributed by atoms with Gasteiger partial charge in [-0.05, 0) is 55.2 Å². The summed E-state index contributed by atoms with van der Waals surface area (Å²) in [6, 6.07) is 10.1. The molecule has 29 heavy (non-hydrogen) atoms. The molecule has 1 aliphatic carbocycles. The van der Waals surface area contributed by atoms with E-state index in [4.69, 9.17) is 9.47 Å². The smallest absolute Gasteiger partial charge is 0.416 e. The fourth-order valence-electron chi connectivity index (χ4n) is 3.48. The third-order valence-corrected chi connectivity index (χ3v) is 5.15.